The van der Waals surface area contributed by atoms with Crippen LogP contribution in [0.1, 0.15) is 10.6 Å². The van der Waals surface area contributed by atoms with Gasteiger partial charge in [0.2, 0.25) is 6.79 Å². The third kappa shape index (κ3) is 4.73. The Balaban J connectivity index is 1.11. The Morgan fingerprint density at radius 1 is 0.946 bits per heavy atom. The van der Waals surface area contributed by atoms with Crippen LogP contribution >= 0.6 is 0 Å². The molecule has 4 heterocycles. The zero-order chi connectivity index (χ0) is 25.2. The van der Waals surface area contributed by atoms with Crippen LogP contribution in [0.3, 0.4) is 0 Å². The molecule has 0 radical (unpaired) electrons. The summed E-state index contributed by atoms with van der Waals surface area (Å²) >= 11 is 0. The summed E-state index contributed by atoms with van der Waals surface area (Å²) in [6.45, 7) is 2.42. The summed E-state index contributed by atoms with van der Waals surface area (Å²) in [5, 5.41) is 3.72. The normalized spacial score (nSPS) is 14.6. The number of ether oxygens (including phenoxy) is 3. The number of rotatable bonds is 6. The highest BCUT2D eigenvalue weighted by atomic mass is 16.7. The molecule has 2 aliphatic heterocycles. The molecule has 4 aromatic rings. The van der Waals surface area contributed by atoms with Crippen molar-refractivity contribution < 1.29 is 28.2 Å². The largest absolute Gasteiger partial charge is 0.481 e. The summed E-state index contributed by atoms with van der Waals surface area (Å²) in [6, 6.07) is 18.2. The van der Waals surface area contributed by atoms with Gasteiger partial charge in [-0.3, -0.25) is 9.59 Å². The van der Waals surface area contributed by atoms with Gasteiger partial charge in [0.15, 0.2) is 23.9 Å². The summed E-state index contributed by atoms with van der Waals surface area (Å²) in [5.74, 6) is 2.50. The molecule has 2 amide bonds. The molecule has 10 nitrogen and oxygen atoms in total. The van der Waals surface area contributed by atoms with E-state index in [9.17, 15) is 9.59 Å². The van der Waals surface area contributed by atoms with Gasteiger partial charge in [-0.25, -0.2) is 4.98 Å². The molecule has 2 aromatic carbocycles. The van der Waals surface area contributed by atoms with Crippen molar-refractivity contribution in [1.82, 2.24) is 9.88 Å². The van der Waals surface area contributed by atoms with E-state index in [4.69, 9.17) is 23.6 Å². The van der Waals surface area contributed by atoms with Gasteiger partial charge in [-0.1, -0.05) is 12.1 Å². The predicted octanol–water partition coefficient (Wildman–Crippen LogP) is 3.54. The molecule has 1 fully saturated rings. The number of amides is 2. The van der Waals surface area contributed by atoms with E-state index in [1.807, 2.05) is 24.3 Å². The van der Waals surface area contributed by atoms with E-state index >= 15 is 0 Å². The number of aromatic nitrogens is 1. The number of hydrogen-bond acceptors (Lipinski definition) is 8. The average Bonchev–Trinajstić information content (AvgIpc) is 3.64. The summed E-state index contributed by atoms with van der Waals surface area (Å²) in [6.07, 6.45) is 1.50. The second-order valence-corrected chi connectivity index (χ2v) is 8.66. The molecule has 2 aliphatic rings. The lowest BCUT2D eigenvalue weighted by Crippen LogP contribution is -2.49. The number of benzene rings is 2. The lowest BCUT2D eigenvalue weighted by Gasteiger charge is -2.35. The molecule has 0 aliphatic carbocycles. The molecule has 0 unspecified atom stereocenters. The quantitative estimate of drug-likeness (QED) is 0.429. The van der Waals surface area contributed by atoms with Crippen LogP contribution in [0, 0.1) is 0 Å². The molecule has 10 heteroatoms. The third-order valence-electron chi connectivity index (χ3n) is 6.31. The number of nitrogens with one attached hydrogen (secondary N) is 1. The van der Waals surface area contributed by atoms with Crippen molar-refractivity contribution in [3.05, 3.63) is 72.7 Å². The van der Waals surface area contributed by atoms with Crippen LogP contribution in [0.15, 0.2) is 71.3 Å². The second-order valence-electron chi connectivity index (χ2n) is 8.66. The maximum atomic E-state index is 12.6. The number of hydrogen-bond donors (Lipinski definition) is 1. The molecular formula is C27H24N4O6. The first-order chi connectivity index (χ1) is 18.1. The highest BCUT2D eigenvalue weighted by Gasteiger charge is 2.24. The van der Waals surface area contributed by atoms with Crippen LogP contribution in [-0.4, -0.2) is 61.3 Å². The van der Waals surface area contributed by atoms with Gasteiger partial charge < -0.3 is 33.7 Å². The van der Waals surface area contributed by atoms with Gasteiger partial charge in [0.1, 0.15) is 17.1 Å². The van der Waals surface area contributed by atoms with Crippen molar-refractivity contribution in [2.75, 3.05) is 49.8 Å². The molecular weight excluding hydrogens is 476 g/mol. The minimum Gasteiger partial charge on any atom is -0.481 e. The van der Waals surface area contributed by atoms with E-state index in [2.05, 4.69) is 10.2 Å². The molecule has 2 aromatic heterocycles. The Morgan fingerprint density at radius 3 is 2.65 bits per heavy atom. The maximum absolute atomic E-state index is 12.6. The van der Waals surface area contributed by atoms with E-state index in [1.54, 1.807) is 41.3 Å². The SMILES string of the molecule is O=C(COc1cccc2ccc(N3CCN(C(=O)c4ccco4)CC3)nc12)Nc1ccc2c(c1)OCO2. The number of fused-ring (bicyclic) bond motifs is 2. The number of pyridine rings is 1. The van der Waals surface area contributed by atoms with Crippen molar-refractivity contribution >= 4 is 34.2 Å². The Kier molecular flexibility index (Phi) is 5.97. The monoisotopic (exact) mass is 500 g/mol. The van der Waals surface area contributed by atoms with Crippen LogP contribution in [0.2, 0.25) is 0 Å². The summed E-state index contributed by atoms with van der Waals surface area (Å²) in [7, 11) is 0. The van der Waals surface area contributed by atoms with Crippen LogP contribution in [0.4, 0.5) is 11.5 Å². The van der Waals surface area contributed by atoms with E-state index in [0.29, 0.717) is 60.4 Å². The highest BCUT2D eigenvalue weighted by molar-refractivity contribution is 5.93. The summed E-state index contributed by atoms with van der Waals surface area (Å²) in [5.41, 5.74) is 1.27. The zero-order valence-electron chi connectivity index (χ0n) is 19.9. The molecule has 0 atom stereocenters. The van der Waals surface area contributed by atoms with Gasteiger partial charge in [0.25, 0.3) is 11.8 Å². The number of piperazine rings is 1. The van der Waals surface area contributed by atoms with Crippen LogP contribution in [0.25, 0.3) is 10.9 Å². The van der Waals surface area contributed by atoms with Crippen LogP contribution < -0.4 is 24.4 Å². The van der Waals surface area contributed by atoms with E-state index in [-0.39, 0.29) is 25.2 Å². The van der Waals surface area contributed by atoms with Crippen LogP contribution in [0.5, 0.6) is 17.2 Å². The second kappa shape index (κ2) is 9.73. The number of para-hydroxylation sites is 1. The van der Waals surface area contributed by atoms with Gasteiger partial charge >= 0.3 is 0 Å². The van der Waals surface area contributed by atoms with E-state index in [0.717, 1.165) is 11.2 Å². The predicted molar refractivity (Wildman–Crippen MR) is 135 cm³/mol. The minimum absolute atomic E-state index is 0.106. The number of carbonyl (C=O) groups excluding carboxylic acids is 2. The molecule has 1 saturated heterocycles. The number of carbonyl (C=O) groups is 2. The van der Waals surface area contributed by atoms with Crippen LogP contribution in [-0.2, 0) is 4.79 Å². The van der Waals surface area contributed by atoms with Crippen molar-refractivity contribution in [1.29, 1.82) is 0 Å². The van der Waals surface area contributed by atoms with Crippen molar-refractivity contribution in [2.24, 2.45) is 0 Å². The van der Waals surface area contributed by atoms with E-state index in [1.165, 1.54) is 6.26 Å². The molecule has 37 heavy (non-hydrogen) atoms. The number of furan rings is 1. The van der Waals surface area contributed by atoms with Crippen molar-refractivity contribution in [3.8, 4) is 17.2 Å². The van der Waals surface area contributed by atoms with Gasteiger partial charge in [-0.2, -0.15) is 0 Å². The standard InChI is InChI=1S/C27H24N4O6/c32-25(28-19-7-8-20-23(15-19)37-17-36-20)16-35-21-4-1-3-18-6-9-24(29-26(18)21)30-10-12-31(13-11-30)27(33)22-5-2-14-34-22/h1-9,14-15H,10-13,16-17H2,(H,28,32). The molecule has 1 N–H and O–H groups in total. The van der Waals surface area contributed by atoms with Crippen molar-refractivity contribution in [3.63, 3.8) is 0 Å². The Hall–Kier alpha value is -4.73. The lowest BCUT2D eigenvalue weighted by atomic mass is 10.2. The first kappa shape index (κ1) is 22.7. The minimum atomic E-state index is -0.302. The van der Waals surface area contributed by atoms with Gasteiger partial charge in [-0.15, -0.1) is 0 Å². The summed E-state index contributed by atoms with van der Waals surface area (Å²) < 4.78 is 21.8. The molecule has 188 valence electrons. The zero-order valence-corrected chi connectivity index (χ0v) is 19.9. The fraction of sp³-hybridized carbons (Fsp3) is 0.222. The lowest BCUT2D eigenvalue weighted by molar-refractivity contribution is -0.118. The molecule has 6 rings (SSSR count). The molecule has 0 saturated carbocycles. The number of nitrogens with zero attached hydrogens (tertiary/aromatic N) is 3. The van der Waals surface area contributed by atoms with E-state index < -0.39 is 0 Å². The molecule has 0 bridgehead atoms. The van der Waals surface area contributed by atoms with Crippen molar-refractivity contribution in [2.45, 2.75) is 0 Å². The third-order valence-corrected chi connectivity index (χ3v) is 6.31. The Bertz CT molecular complexity index is 1450. The highest BCUT2D eigenvalue weighted by Crippen LogP contribution is 2.34. The van der Waals surface area contributed by atoms with Gasteiger partial charge in [-0.05, 0) is 42.5 Å². The Morgan fingerprint density at radius 2 is 1.81 bits per heavy atom. The fourth-order valence-electron chi connectivity index (χ4n) is 4.41. The maximum Gasteiger partial charge on any atom is 0.289 e. The summed E-state index contributed by atoms with van der Waals surface area (Å²) in [4.78, 5) is 33.8. The smallest absolute Gasteiger partial charge is 0.289 e. The average molecular weight is 501 g/mol. The van der Waals surface area contributed by atoms with Gasteiger partial charge in [0, 0.05) is 43.3 Å². The fourth-order valence-corrected chi connectivity index (χ4v) is 4.41. The molecule has 0 spiro atoms. The Labute approximate surface area is 212 Å². The number of anilines is 2. The van der Waals surface area contributed by atoms with Gasteiger partial charge in [0.05, 0.1) is 6.26 Å². The topological polar surface area (TPSA) is 106 Å². The first-order valence-corrected chi connectivity index (χ1v) is 11.9. The first-order valence-electron chi connectivity index (χ1n) is 11.9.